The number of aliphatic hydroxyl groups is 3. The molecule has 0 unspecified atom stereocenters. The van der Waals surface area contributed by atoms with E-state index in [2.05, 4.69) is 10.6 Å². The Labute approximate surface area is 234 Å². The number of amides is 2. The van der Waals surface area contributed by atoms with E-state index in [-0.39, 0.29) is 36.7 Å². The number of carbonyl (C=O) groups is 4. The van der Waals surface area contributed by atoms with Crippen molar-refractivity contribution in [1.29, 1.82) is 0 Å². The van der Waals surface area contributed by atoms with Gasteiger partial charge in [0.2, 0.25) is 11.7 Å². The predicted molar refractivity (Wildman–Crippen MR) is 143 cm³/mol. The smallest absolute Gasteiger partial charge is 0.255 e. The zero-order valence-electron chi connectivity index (χ0n) is 22.7. The molecule has 41 heavy (non-hydrogen) atoms. The third-order valence-corrected chi connectivity index (χ3v) is 8.85. The highest BCUT2D eigenvalue weighted by Gasteiger charge is 2.64. The van der Waals surface area contributed by atoms with E-state index in [0.29, 0.717) is 0 Å². The molecule has 1 aromatic carbocycles. The molecule has 220 valence electrons. The van der Waals surface area contributed by atoms with Crippen molar-refractivity contribution in [1.82, 2.24) is 10.2 Å². The van der Waals surface area contributed by atoms with Crippen LogP contribution in [0.2, 0.25) is 0 Å². The molecule has 0 aromatic heterocycles. The number of Topliss-reactive ketones (excluding diaryl/α,β-unsaturated/α-hetero) is 2. The number of nitrogens with one attached hydrogen (secondary N) is 2. The minimum Gasteiger partial charge on any atom is -0.508 e. The molecular formula is C28H33FN4O8. The van der Waals surface area contributed by atoms with Crippen molar-refractivity contribution in [2.75, 3.05) is 26.0 Å². The fourth-order valence-corrected chi connectivity index (χ4v) is 6.92. The molecule has 4 aliphatic carbocycles. The number of phenolic OH excluding ortho intramolecular Hbond substituents is 1. The van der Waals surface area contributed by atoms with Crippen LogP contribution in [-0.4, -0.2) is 87.0 Å². The summed E-state index contributed by atoms with van der Waals surface area (Å²) in [7, 11) is 2.98. The first kappa shape index (κ1) is 28.7. The Morgan fingerprint density at radius 3 is 2.44 bits per heavy atom. The van der Waals surface area contributed by atoms with Gasteiger partial charge in [0.05, 0.1) is 23.8 Å². The standard InChI is InChI=1S/C28H33FN4O8/c1-33(2)21-14-8-11-7-13-15(29)9-16(32-17(34)10-31-12-5-3-4-6-12)22(35)19(13)23(36)18(11)25(38)28(14,41)26(39)20(24(21)37)27(30)40/h9,11-12,14,21,31,35-36,39,41H,3-8,10H2,1-2H3,(H2,30,40)(H,32,34)/t11-,14-,21-,28-/m0/s1. The molecule has 0 heterocycles. The third-order valence-electron chi connectivity index (χ3n) is 8.85. The number of ketones is 2. The van der Waals surface area contributed by atoms with E-state index in [9.17, 15) is 39.6 Å². The lowest BCUT2D eigenvalue weighted by Gasteiger charge is -2.50. The van der Waals surface area contributed by atoms with Crippen molar-refractivity contribution in [3.63, 3.8) is 0 Å². The number of fused-ring (bicyclic) bond motifs is 3. The quantitative estimate of drug-likeness (QED) is 0.187. The Hall–Kier alpha value is -3.81. The van der Waals surface area contributed by atoms with Gasteiger partial charge in [-0.1, -0.05) is 12.8 Å². The summed E-state index contributed by atoms with van der Waals surface area (Å²) >= 11 is 0. The first-order valence-electron chi connectivity index (χ1n) is 13.5. The second kappa shape index (κ2) is 10.2. The minimum absolute atomic E-state index is 0.0789. The maximum Gasteiger partial charge on any atom is 0.255 e. The minimum atomic E-state index is -2.80. The number of likely N-dealkylation sites (N-methyl/N-ethyl adjacent to an activating group) is 1. The summed E-state index contributed by atoms with van der Waals surface area (Å²) in [4.78, 5) is 53.0. The van der Waals surface area contributed by atoms with Crippen molar-refractivity contribution >= 4 is 34.8 Å². The SMILES string of the molecule is CN(C)[C@@H]1C(=O)C(C(N)=O)=C(O)[C@@]2(O)C(=O)C3=C(O)c4c(O)c(NC(=O)CNC5CCCC5)cc(F)c4C[C@H]3C[C@@H]12. The van der Waals surface area contributed by atoms with Crippen LogP contribution in [0.3, 0.4) is 0 Å². The van der Waals surface area contributed by atoms with E-state index in [1.807, 2.05) is 0 Å². The maximum absolute atomic E-state index is 15.4. The molecule has 4 atom stereocenters. The Kier molecular flexibility index (Phi) is 7.16. The van der Waals surface area contributed by atoms with Gasteiger partial charge >= 0.3 is 0 Å². The molecule has 5 rings (SSSR count). The summed E-state index contributed by atoms with van der Waals surface area (Å²) in [6.07, 6.45) is 3.64. The number of aliphatic hydroxyl groups excluding tert-OH is 2. The number of nitrogens with two attached hydrogens (primary N) is 1. The molecule has 13 heteroatoms. The number of aromatic hydroxyl groups is 1. The molecule has 0 saturated heterocycles. The van der Waals surface area contributed by atoms with Crippen LogP contribution in [-0.2, 0) is 25.6 Å². The van der Waals surface area contributed by atoms with Gasteiger partial charge in [-0.15, -0.1) is 0 Å². The van der Waals surface area contributed by atoms with Crippen molar-refractivity contribution < 1.29 is 44.0 Å². The zero-order chi connectivity index (χ0) is 30.0. The van der Waals surface area contributed by atoms with Gasteiger partial charge in [-0.25, -0.2) is 4.39 Å². The monoisotopic (exact) mass is 572 g/mol. The molecule has 0 bridgehead atoms. The first-order chi connectivity index (χ1) is 19.3. The number of primary amides is 1. The number of nitrogens with zero attached hydrogens (tertiary/aromatic N) is 1. The van der Waals surface area contributed by atoms with Crippen molar-refractivity contribution in [2.24, 2.45) is 17.6 Å². The summed E-state index contributed by atoms with van der Waals surface area (Å²) in [5.74, 6) is -9.69. The molecule has 0 spiro atoms. The van der Waals surface area contributed by atoms with E-state index < -0.39 is 86.7 Å². The fourth-order valence-electron chi connectivity index (χ4n) is 6.92. The van der Waals surface area contributed by atoms with Gasteiger partial charge in [0.25, 0.3) is 5.91 Å². The molecule has 12 nitrogen and oxygen atoms in total. The molecular weight excluding hydrogens is 539 g/mol. The summed E-state index contributed by atoms with van der Waals surface area (Å²) < 4.78 is 15.4. The largest absolute Gasteiger partial charge is 0.508 e. The first-order valence-corrected chi connectivity index (χ1v) is 13.5. The van der Waals surface area contributed by atoms with Crippen LogP contribution in [0, 0.1) is 17.7 Å². The van der Waals surface area contributed by atoms with Crippen LogP contribution >= 0.6 is 0 Å². The van der Waals surface area contributed by atoms with Crippen molar-refractivity contribution in [3.8, 4) is 5.75 Å². The van der Waals surface area contributed by atoms with Gasteiger partial charge < -0.3 is 36.8 Å². The summed E-state index contributed by atoms with van der Waals surface area (Å²) in [5.41, 5.74) is 0.330. The number of hydrogen-bond acceptors (Lipinski definition) is 10. The lowest BCUT2D eigenvalue weighted by molar-refractivity contribution is -0.153. The van der Waals surface area contributed by atoms with Crippen LogP contribution in [0.15, 0.2) is 23.0 Å². The van der Waals surface area contributed by atoms with Crippen molar-refractivity contribution in [2.45, 2.75) is 56.2 Å². The Morgan fingerprint density at radius 2 is 1.83 bits per heavy atom. The Bertz CT molecular complexity index is 1430. The number of halogens is 1. The van der Waals surface area contributed by atoms with E-state index in [0.717, 1.165) is 31.7 Å². The normalized spacial score (nSPS) is 28.1. The molecule has 0 radical (unpaired) electrons. The van der Waals surface area contributed by atoms with E-state index in [1.165, 1.54) is 19.0 Å². The summed E-state index contributed by atoms with van der Waals surface area (Å²) in [5, 5.41) is 50.3. The van der Waals surface area contributed by atoms with Gasteiger partial charge in [0.1, 0.15) is 22.9 Å². The Morgan fingerprint density at radius 1 is 1.17 bits per heavy atom. The zero-order valence-corrected chi connectivity index (χ0v) is 22.7. The highest BCUT2D eigenvalue weighted by atomic mass is 19.1. The lowest BCUT2D eigenvalue weighted by Crippen LogP contribution is -2.65. The van der Waals surface area contributed by atoms with Crippen molar-refractivity contribution in [3.05, 3.63) is 39.9 Å². The van der Waals surface area contributed by atoms with Gasteiger partial charge in [0.15, 0.2) is 17.1 Å². The average molecular weight is 573 g/mol. The highest BCUT2D eigenvalue weighted by Crippen LogP contribution is 2.53. The molecule has 4 aliphatic rings. The topological polar surface area (TPSA) is 203 Å². The van der Waals surface area contributed by atoms with Gasteiger partial charge in [-0.05, 0) is 45.7 Å². The number of benzene rings is 1. The van der Waals surface area contributed by atoms with Crippen LogP contribution in [0.5, 0.6) is 5.75 Å². The Balaban J connectivity index is 1.55. The van der Waals surface area contributed by atoms with E-state index in [1.54, 1.807) is 0 Å². The van der Waals surface area contributed by atoms with E-state index in [4.69, 9.17) is 5.73 Å². The summed E-state index contributed by atoms with van der Waals surface area (Å²) in [6.45, 7) is -0.0789. The van der Waals surface area contributed by atoms with E-state index >= 15 is 4.39 Å². The molecule has 0 aliphatic heterocycles. The number of anilines is 1. The van der Waals surface area contributed by atoms with Gasteiger partial charge in [0, 0.05) is 29.2 Å². The number of carbonyl (C=O) groups excluding carboxylic acids is 4. The van der Waals surface area contributed by atoms with Crippen LogP contribution in [0.25, 0.3) is 5.76 Å². The second-order valence-corrected chi connectivity index (χ2v) is 11.5. The molecule has 1 aromatic rings. The lowest BCUT2D eigenvalue weighted by atomic mass is 9.57. The molecule has 2 saturated carbocycles. The van der Waals surface area contributed by atoms with Crippen LogP contribution < -0.4 is 16.4 Å². The fraction of sp³-hybridized carbons (Fsp3) is 0.500. The molecule has 2 amide bonds. The number of rotatable bonds is 6. The molecule has 8 N–H and O–H groups in total. The molecule has 2 fully saturated rings. The summed E-state index contributed by atoms with van der Waals surface area (Å²) in [6, 6.07) is -0.113. The van der Waals surface area contributed by atoms with Gasteiger partial charge in [-0.2, -0.15) is 0 Å². The predicted octanol–water partition coefficient (Wildman–Crippen LogP) is 0.574. The van der Waals surface area contributed by atoms with Crippen LogP contribution in [0.4, 0.5) is 10.1 Å². The number of phenols is 1. The third kappa shape index (κ3) is 4.39. The second-order valence-electron chi connectivity index (χ2n) is 11.5. The maximum atomic E-state index is 15.4. The van der Waals surface area contributed by atoms with Crippen LogP contribution in [0.1, 0.15) is 43.2 Å². The highest BCUT2D eigenvalue weighted by molar-refractivity contribution is 6.24. The average Bonchev–Trinajstić information content (AvgIpc) is 3.41. The van der Waals surface area contributed by atoms with Gasteiger partial charge in [-0.3, -0.25) is 24.1 Å². The number of hydrogen-bond donors (Lipinski definition) is 7.